The molecule has 4 rings (SSSR count). The van der Waals surface area contributed by atoms with E-state index >= 15 is 0 Å². The third-order valence-corrected chi connectivity index (χ3v) is 5.69. The first-order valence-electron chi connectivity index (χ1n) is 10.6. The maximum absolute atomic E-state index is 13.3. The molecule has 2 aromatic carbocycles. The number of benzene rings is 2. The van der Waals surface area contributed by atoms with Crippen LogP contribution in [-0.2, 0) is 4.79 Å². The molecule has 0 amide bonds. The third-order valence-electron chi connectivity index (χ3n) is 5.69. The number of allylic oxidation sites excluding steroid dienone is 1. The zero-order chi connectivity index (χ0) is 20.4. The van der Waals surface area contributed by atoms with Gasteiger partial charge in [-0.2, -0.15) is 0 Å². The molecular formula is C25H30N2O2. The van der Waals surface area contributed by atoms with Crippen LogP contribution in [0.15, 0.2) is 60.3 Å². The van der Waals surface area contributed by atoms with Crippen LogP contribution in [0.1, 0.15) is 51.6 Å². The predicted octanol–water partition coefficient (Wildman–Crippen LogP) is 5.94. The van der Waals surface area contributed by atoms with E-state index in [9.17, 15) is 4.79 Å². The Morgan fingerprint density at radius 1 is 1.10 bits per heavy atom. The Hall–Kier alpha value is -2.75. The number of ether oxygens (including phenoxy) is 1. The molecule has 1 aliphatic heterocycles. The normalized spacial score (nSPS) is 22.3. The van der Waals surface area contributed by atoms with Gasteiger partial charge in [0.1, 0.15) is 11.5 Å². The molecule has 0 spiro atoms. The highest BCUT2D eigenvalue weighted by molar-refractivity contribution is 5.90. The quantitative estimate of drug-likeness (QED) is 0.620. The average Bonchev–Trinajstić information content (AvgIpc) is 2.84. The molecule has 0 saturated heterocycles. The van der Waals surface area contributed by atoms with Gasteiger partial charge in [0.15, 0.2) is 0 Å². The fourth-order valence-corrected chi connectivity index (χ4v) is 4.31. The average molecular weight is 391 g/mol. The van der Waals surface area contributed by atoms with Crippen molar-refractivity contribution in [3.8, 4) is 5.75 Å². The predicted molar refractivity (Wildman–Crippen MR) is 118 cm³/mol. The van der Waals surface area contributed by atoms with Crippen molar-refractivity contribution < 1.29 is 9.53 Å². The summed E-state index contributed by atoms with van der Waals surface area (Å²) in [6, 6.07) is 16.2. The molecule has 4 heteroatoms. The van der Waals surface area contributed by atoms with Crippen molar-refractivity contribution in [2.75, 3.05) is 17.2 Å². The highest BCUT2D eigenvalue weighted by atomic mass is 16.5. The minimum absolute atomic E-state index is 0.143. The topological polar surface area (TPSA) is 50.4 Å². The molecule has 4 nitrogen and oxygen atoms in total. The lowest BCUT2D eigenvalue weighted by molar-refractivity contribution is -0.124. The first-order valence-corrected chi connectivity index (χ1v) is 10.6. The van der Waals surface area contributed by atoms with Gasteiger partial charge in [-0.25, -0.2) is 0 Å². The lowest BCUT2D eigenvalue weighted by atomic mass is 9.72. The summed E-state index contributed by atoms with van der Waals surface area (Å²) in [6.07, 6.45) is 4.92. The maximum Gasteiger partial charge on any atom is 0.145 e. The van der Waals surface area contributed by atoms with Gasteiger partial charge >= 0.3 is 0 Å². The molecule has 0 radical (unpaired) electrons. The van der Waals surface area contributed by atoms with Gasteiger partial charge in [0, 0.05) is 12.1 Å². The van der Waals surface area contributed by atoms with Crippen molar-refractivity contribution in [1.29, 1.82) is 0 Å². The summed E-state index contributed by atoms with van der Waals surface area (Å²) >= 11 is 0. The fraction of sp³-hybridized carbons (Fsp3) is 0.400. The number of nitrogens with one attached hydrogen (secondary N) is 2. The lowest BCUT2D eigenvalue weighted by Gasteiger charge is -2.35. The highest BCUT2D eigenvalue weighted by Crippen LogP contribution is 2.45. The SMILES string of the molecule is CCCCOc1cccc([C@@H]2Nc3ccccc3NC3=CC(C)(C)CC(=O)[C@H]32)c1. The fourth-order valence-electron chi connectivity index (χ4n) is 4.31. The zero-order valence-corrected chi connectivity index (χ0v) is 17.5. The van der Waals surface area contributed by atoms with Gasteiger partial charge in [0.25, 0.3) is 0 Å². The first kappa shape index (κ1) is 19.6. The molecule has 0 bridgehead atoms. The summed E-state index contributed by atoms with van der Waals surface area (Å²) < 4.78 is 5.93. The second kappa shape index (κ2) is 7.94. The van der Waals surface area contributed by atoms with Crippen LogP contribution >= 0.6 is 0 Å². The van der Waals surface area contributed by atoms with E-state index in [4.69, 9.17) is 4.74 Å². The number of anilines is 2. The molecule has 2 aromatic rings. The van der Waals surface area contributed by atoms with Crippen molar-refractivity contribution in [2.24, 2.45) is 11.3 Å². The van der Waals surface area contributed by atoms with E-state index in [-0.39, 0.29) is 23.2 Å². The van der Waals surface area contributed by atoms with Crippen molar-refractivity contribution in [2.45, 2.75) is 46.1 Å². The monoisotopic (exact) mass is 390 g/mol. The number of hydrogen-bond acceptors (Lipinski definition) is 4. The van der Waals surface area contributed by atoms with E-state index in [1.165, 1.54) is 0 Å². The number of para-hydroxylation sites is 2. The Balaban J connectivity index is 1.75. The number of rotatable bonds is 5. The van der Waals surface area contributed by atoms with Crippen molar-refractivity contribution in [3.63, 3.8) is 0 Å². The zero-order valence-electron chi connectivity index (χ0n) is 17.5. The van der Waals surface area contributed by atoms with Gasteiger partial charge in [0.05, 0.1) is 29.9 Å². The largest absolute Gasteiger partial charge is 0.494 e. The Kier molecular flexibility index (Phi) is 5.35. The molecule has 1 heterocycles. The van der Waals surface area contributed by atoms with Gasteiger partial charge in [-0.3, -0.25) is 4.79 Å². The van der Waals surface area contributed by atoms with Crippen LogP contribution in [0.3, 0.4) is 0 Å². The van der Waals surface area contributed by atoms with Gasteiger partial charge in [-0.05, 0) is 41.7 Å². The molecule has 2 atom stereocenters. The van der Waals surface area contributed by atoms with Crippen LogP contribution in [0.25, 0.3) is 0 Å². The number of unbranched alkanes of at least 4 members (excludes halogenated alkanes) is 1. The van der Waals surface area contributed by atoms with Crippen molar-refractivity contribution in [1.82, 2.24) is 0 Å². The number of carbonyl (C=O) groups excluding carboxylic acids is 1. The molecular weight excluding hydrogens is 360 g/mol. The summed E-state index contributed by atoms with van der Waals surface area (Å²) in [6.45, 7) is 7.11. The van der Waals surface area contributed by atoms with E-state index in [0.717, 1.165) is 41.2 Å². The molecule has 0 unspecified atom stereocenters. The number of carbonyl (C=O) groups is 1. The molecule has 2 N–H and O–H groups in total. The van der Waals surface area contributed by atoms with Crippen LogP contribution in [0.4, 0.5) is 11.4 Å². The van der Waals surface area contributed by atoms with E-state index < -0.39 is 0 Å². The Morgan fingerprint density at radius 3 is 2.69 bits per heavy atom. The van der Waals surface area contributed by atoms with Gasteiger partial charge < -0.3 is 15.4 Å². The number of fused-ring (bicyclic) bond motifs is 2. The summed E-state index contributed by atoms with van der Waals surface area (Å²) in [5.41, 5.74) is 3.93. The van der Waals surface area contributed by atoms with E-state index in [0.29, 0.717) is 13.0 Å². The van der Waals surface area contributed by atoms with Crippen LogP contribution in [0, 0.1) is 11.3 Å². The maximum atomic E-state index is 13.3. The minimum atomic E-state index is -0.249. The van der Waals surface area contributed by atoms with E-state index in [2.05, 4.69) is 61.7 Å². The summed E-state index contributed by atoms with van der Waals surface area (Å²) in [5.74, 6) is 0.876. The molecule has 2 aliphatic rings. The number of ketones is 1. The molecule has 29 heavy (non-hydrogen) atoms. The second-order valence-corrected chi connectivity index (χ2v) is 8.78. The number of hydrogen-bond donors (Lipinski definition) is 2. The lowest BCUT2D eigenvalue weighted by Crippen LogP contribution is -2.36. The standard InChI is InChI=1S/C25H30N2O2/c1-4-5-13-29-18-10-8-9-17(14-18)24-23-21(15-25(2,3)16-22(23)28)26-19-11-6-7-12-20(19)27-24/h6-12,14-15,23-24,26-27H,4-5,13,16H2,1-3H3/t23-,24-/m0/s1. The van der Waals surface area contributed by atoms with Gasteiger partial charge in [-0.1, -0.05) is 57.5 Å². The van der Waals surface area contributed by atoms with Crippen molar-refractivity contribution in [3.05, 3.63) is 65.9 Å². The van der Waals surface area contributed by atoms with Crippen LogP contribution in [0.5, 0.6) is 5.75 Å². The summed E-state index contributed by atoms with van der Waals surface area (Å²) in [7, 11) is 0. The summed E-state index contributed by atoms with van der Waals surface area (Å²) in [4.78, 5) is 13.3. The number of Topliss-reactive ketones (excluding diaryl/α,β-unsaturated/α-hetero) is 1. The third kappa shape index (κ3) is 4.16. The van der Waals surface area contributed by atoms with Gasteiger partial charge in [-0.15, -0.1) is 0 Å². The van der Waals surface area contributed by atoms with Crippen molar-refractivity contribution >= 4 is 17.2 Å². The van der Waals surface area contributed by atoms with Gasteiger partial charge in [0.2, 0.25) is 0 Å². The Labute approximate surface area is 173 Å². The van der Waals surface area contributed by atoms with E-state index in [1.54, 1.807) is 0 Å². The minimum Gasteiger partial charge on any atom is -0.494 e. The molecule has 0 fully saturated rings. The Morgan fingerprint density at radius 2 is 1.90 bits per heavy atom. The highest BCUT2D eigenvalue weighted by Gasteiger charge is 2.41. The van der Waals surface area contributed by atoms with E-state index in [1.807, 2.05) is 24.3 Å². The smallest absolute Gasteiger partial charge is 0.145 e. The molecule has 0 saturated carbocycles. The molecule has 1 aliphatic carbocycles. The van der Waals surface area contributed by atoms with Crippen LogP contribution < -0.4 is 15.4 Å². The summed E-state index contributed by atoms with van der Waals surface area (Å²) in [5, 5.41) is 7.20. The molecule has 0 aromatic heterocycles. The molecule has 152 valence electrons. The van der Waals surface area contributed by atoms with Crippen LogP contribution in [-0.4, -0.2) is 12.4 Å². The second-order valence-electron chi connectivity index (χ2n) is 8.78. The first-order chi connectivity index (χ1) is 14.0. The Bertz CT molecular complexity index is 932. The van der Waals surface area contributed by atoms with Crippen LogP contribution in [0.2, 0.25) is 0 Å².